The van der Waals surface area contributed by atoms with Gasteiger partial charge < -0.3 is 15.3 Å². The molecule has 3 nitrogen and oxygen atoms in total. The Balaban J connectivity index is 3.44. The third kappa shape index (κ3) is 3.24. The van der Waals surface area contributed by atoms with Crippen LogP contribution in [0.15, 0.2) is 12.7 Å². The van der Waals surface area contributed by atoms with Crippen LogP contribution in [0.2, 0.25) is 0 Å². The first-order chi connectivity index (χ1) is 4.22. The van der Waals surface area contributed by atoms with E-state index in [4.69, 9.17) is 15.3 Å². The van der Waals surface area contributed by atoms with Crippen molar-refractivity contribution in [3.63, 3.8) is 0 Å². The molecule has 0 radical (unpaired) electrons. The van der Waals surface area contributed by atoms with Crippen molar-refractivity contribution in [2.75, 3.05) is 6.61 Å². The summed E-state index contributed by atoms with van der Waals surface area (Å²) in [6.45, 7) is 2.96. The molecule has 0 bridgehead atoms. The van der Waals surface area contributed by atoms with Crippen molar-refractivity contribution in [1.29, 1.82) is 0 Å². The molecule has 0 aliphatic rings. The van der Waals surface area contributed by atoms with Crippen LogP contribution in [-0.2, 0) is 0 Å². The summed E-state index contributed by atoms with van der Waals surface area (Å²) in [7, 11) is 0. The summed E-state index contributed by atoms with van der Waals surface area (Å²) < 4.78 is 0. The lowest BCUT2D eigenvalue weighted by molar-refractivity contribution is -0.0119. The Morgan fingerprint density at radius 1 is 1.33 bits per heavy atom. The molecular formula is C6H12O3. The quantitative estimate of drug-likeness (QED) is 0.442. The van der Waals surface area contributed by atoms with Gasteiger partial charge in [0.25, 0.3) is 0 Å². The fraction of sp³-hybridized carbons (Fsp3) is 0.667. The number of aliphatic hydroxyl groups excluding tert-OH is 3. The van der Waals surface area contributed by atoms with Gasteiger partial charge >= 0.3 is 0 Å². The molecule has 0 fully saturated rings. The van der Waals surface area contributed by atoms with Gasteiger partial charge in [0.2, 0.25) is 0 Å². The van der Waals surface area contributed by atoms with Gasteiger partial charge in [-0.15, -0.1) is 6.58 Å². The first-order valence-electron chi connectivity index (χ1n) is 2.80. The van der Waals surface area contributed by atoms with Crippen molar-refractivity contribution in [1.82, 2.24) is 0 Å². The molecule has 0 aromatic heterocycles. The van der Waals surface area contributed by atoms with Crippen LogP contribution in [0.4, 0.5) is 0 Å². The number of aliphatic hydroxyl groups is 3. The molecule has 0 rings (SSSR count). The molecule has 3 heteroatoms. The summed E-state index contributed by atoms with van der Waals surface area (Å²) in [4.78, 5) is 0. The van der Waals surface area contributed by atoms with Gasteiger partial charge in [0.1, 0.15) is 6.10 Å². The summed E-state index contributed by atoms with van der Waals surface area (Å²) in [6.07, 6.45) is -0.124. The molecule has 0 aliphatic carbocycles. The van der Waals surface area contributed by atoms with Gasteiger partial charge in [-0.2, -0.15) is 0 Å². The van der Waals surface area contributed by atoms with Crippen molar-refractivity contribution in [2.24, 2.45) is 0 Å². The maximum absolute atomic E-state index is 8.84. The highest BCUT2D eigenvalue weighted by Gasteiger charge is 2.11. The Morgan fingerprint density at radius 2 is 1.89 bits per heavy atom. The van der Waals surface area contributed by atoms with Gasteiger partial charge in [-0.25, -0.2) is 0 Å². The Hall–Kier alpha value is -0.380. The van der Waals surface area contributed by atoms with E-state index in [1.807, 2.05) is 0 Å². The molecule has 54 valence electrons. The Morgan fingerprint density at radius 3 is 2.22 bits per heavy atom. The van der Waals surface area contributed by atoms with E-state index in [1.54, 1.807) is 0 Å². The minimum Gasteiger partial charge on any atom is -0.394 e. The van der Waals surface area contributed by atoms with Gasteiger partial charge in [0.05, 0.1) is 12.7 Å². The van der Waals surface area contributed by atoms with Gasteiger partial charge in [-0.1, -0.05) is 6.08 Å². The summed E-state index contributed by atoms with van der Waals surface area (Å²) in [6, 6.07) is 0. The first-order valence-corrected chi connectivity index (χ1v) is 2.80. The van der Waals surface area contributed by atoms with Gasteiger partial charge in [-0.05, 0) is 6.42 Å². The van der Waals surface area contributed by atoms with E-state index in [-0.39, 0.29) is 0 Å². The highest BCUT2D eigenvalue weighted by atomic mass is 16.4. The molecular weight excluding hydrogens is 120 g/mol. The predicted molar refractivity (Wildman–Crippen MR) is 33.9 cm³/mol. The first kappa shape index (κ1) is 8.62. The minimum absolute atomic E-state index is 0.307. The second kappa shape index (κ2) is 4.49. The Labute approximate surface area is 54.3 Å². The molecule has 0 aromatic rings. The van der Waals surface area contributed by atoms with Crippen LogP contribution in [-0.4, -0.2) is 34.1 Å². The predicted octanol–water partition coefficient (Wildman–Crippen LogP) is -0.723. The SMILES string of the molecule is C=CC[C@@H](O)[C@@H](O)CO. The number of hydrogen-bond donors (Lipinski definition) is 3. The average Bonchev–Trinajstić information content (AvgIpc) is 1.87. The second-order valence-corrected chi connectivity index (χ2v) is 1.84. The average molecular weight is 132 g/mol. The highest BCUT2D eigenvalue weighted by Crippen LogP contribution is 1.97. The maximum Gasteiger partial charge on any atom is 0.103 e. The molecule has 0 heterocycles. The van der Waals surface area contributed by atoms with Crippen LogP contribution in [0.1, 0.15) is 6.42 Å². The monoisotopic (exact) mass is 132 g/mol. The molecule has 0 saturated carbocycles. The van der Waals surface area contributed by atoms with E-state index in [0.717, 1.165) is 0 Å². The van der Waals surface area contributed by atoms with Crippen molar-refractivity contribution in [2.45, 2.75) is 18.6 Å². The van der Waals surface area contributed by atoms with Crippen LogP contribution in [0.5, 0.6) is 0 Å². The standard InChI is InChI=1S/C6H12O3/c1-2-3-5(8)6(9)4-7/h2,5-9H,1,3-4H2/t5-,6+/m1/s1. The molecule has 2 atom stereocenters. The van der Waals surface area contributed by atoms with E-state index in [1.165, 1.54) is 6.08 Å². The molecule has 0 saturated heterocycles. The zero-order valence-electron chi connectivity index (χ0n) is 5.20. The van der Waals surface area contributed by atoms with E-state index >= 15 is 0 Å². The van der Waals surface area contributed by atoms with E-state index < -0.39 is 18.8 Å². The fourth-order valence-electron chi connectivity index (χ4n) is 0.450. The summed E-state index contributed by atoms with van der Waals surface area (Å²) in [5.74, 6) is 0. The molecule has 9 heavy (non-hydrogen) atoms. The highest BCUT2D eigenvalue weighted by molar-refractivity contribution is 4.76. The fourth-order valence-corrected chi connectivity index (χ4v) is 0.450. The summed E-state index contributed by atoms with van der Waals surface area (Å²) in [5.41, 5.74) is 0. The number of hydrogen-bond acceptors (Lipinski definition) is 3. The van der Waals surface area contributed by atoms with Crippen LogP contribution < -0.4 is 0 Å². The Bertz CT molecular complexity index is 82.4. The smallest absolute Gasteiger partial charge is 0.103 e. The summed E-state index contributed by atoms with van der Waals surface area (Å²) in [5, 5.41) is 25.8. The van der Waals surface area contributed by atoms with Crippen molar-refractivity contribution in [3.05, 3.63) is 12.7 Å². The molecule has 0 aromatic carbocycles. The zero-order valence-corrected chi connectivity index (χ0v) is 5.20. The minimum atomic E-state index is -1.04. The van der Waals surface area contributed by atoms with Crippen molar-refractivity contribution >= 4 is 0 Å². The van der Waals surface area contributed by atoms with Crippen LogP contribution in [0.3, 0.4) is 0 Å². The number of rotatable bonds is 4. The van der Waals surface area contributed by atoms with E-state index in [0.29, 0.717) is 6.42 Å². The third-order valence-corrected chi connectivity index (χ3v) is 1.04. The topological polar surface area (TPSA) is 60.7 Å². The van der Waals surface area contributed by atoms with Crippen LogP contribution in [0, 0.1) is 0 Å². The van der Waals surface area contributed by atoms with Gasteiger partial charge in [0.15, 0.2) is 0 Å². The molecule has 0 amide bonds. The van der Waals surface area contributed by atoms with Crippen LogP contribution >= 0.6 is 0 Å². The van der Waals surface area contributed by atoms with Gasteiger partial charge in [-0.3, -0.25) is 0 Å². The zero-order chi connectivity index (χ0) is 7.28. The lowest BCUT2D eigenvalue weighted by Gasteiger charge is -2.12. The maximum atomic E-state index is 8.84. The molecule has 0 aliphatic heterocycles. The lowest BCUT2D eigenvalue weighted by atomic mass is 10.1. The van der Waals surface area contributed by atoms with E-state index in [9.17, 15) is 0 Å². The van der Waals surface area contributed by atoms with Crippen LogP contribution in [0.25, 0.3) is 0 Å². The molecule has 0 unspecified atom stereocenters. The largest absolute Gasteiger partial charge is 0.394 e. The Kier molecular flexibility index (Phi) is 4.30. The molecule has 0 spiro atoms. The third-order valence-electron chi connectivity index (χ3n) is 1.04. The van der Waals surface area contributed by atoms with Gasteiger partial charge in [0, 0.05) is 0 Å². The summed E-state index contributed by atoms with van der Waals surface area (Å²) >= 11 is 0. The second-order valence-electron chi connectivity index (χ2n) is 1.84. The van der Waals surface area contributed by atoms with Crippen molar-refractivity contribution in [3.8, 4) is 0 Å². The lowest BCUT2D eigenvalue weighted by Crippen LogP contribution is -2.28. The van der Waals surface area contributed by atoms with Crippen molar-refractivity contribution < 1.29 is 15.3 Å². The molecule has 3 N–H and O–H groups in total. The normalized spacial score (nSPS) is 16.8. The van der Waals surface area contributed by atoms with E-state index in [2.05, 4.69) is 6.58 Å².